The number of hydrogen-bond acceptors (Lipinski definition) is 4. The molecule has 1 amide bonds. The van der Waals surface area contributed by atoms with Crippen molar-refractivity contribution >= 4 is 6.09 Å². The molecule has 2 atom stereocenters. The average molecular weight is 411 g/mol. The molecule has 0 radical (unpaired) electrons. The SMILES string of the molecule is CC(C)(C)OC(=O)N1CC(O)(c2ccc(C(F)(F)F)cc2)CC1COC(F)F. The Kier molecular flexibility index (Phi) is 6.25. The van der Waals surface area contributed by atoms with Gasteiger partial charge in [0.15, 0.2) is 0 Å². The Hall–Kier alpha value is -1.94. The van der Waals surface area contributed by atoms with E-state index in [0.29, 0.717) is 0 Å². The number of carbonyl (C=O) groups is 1. The van der Waals surface area contributed by atoms with E-state index in [0.717, 1.165) is 29.2 Å². The van der Waals surface area contributed by atoms with Gasteiger partial charge in [0.1, 0.15) is 11.2 Å². The fraction of sp³-hybridized carbons (Fsp3) is 0.611. The highest BCUT2D eigenvalue weighted by Crippen LogP contribution is 2.38. The molecular formula is C18H22F5NO4. The van der Waals surface area contributed by atoms with Crippen LogP contribution in [0.25, 0.3) is 0 Å². The molecule has 1 aromatic rings. The number of aliphatic hydroxyl groups is 1. The summed E-state index contributed by atoms with van der Waals surface area (Å²) >= 11 is 0. The summed E-state index contributed by atoms with van der Waals surface area (Å²) in [4.78, 5) is 13.5. The number of carbonyl (C=O) groups excluding carboxylic acids is 1. The lowest BCUT2D eigenvalue weighted by Crippen LogP contribution is -2.42. The van der Waals surface area contributed by atoms with E-state index in [4.69, 9.17) is 4.74 Å². The second kappa shape index (κ2) is 7.82. The first-order valence-corrected chi connectivity index (χ1v) is 8.51. The van der Waals surface area contributed by atoms with Crippen molar-refractivity contribution in [3.05, 3.63) is 35.4 Å². The molecule has 1 aromatic carbocycles. The summed E-state index contributed by atoms with van der Waals surface area (Å²) in [6.07, 6.45) is -5.56. The van der Waals surface area contributed by atoms with E-state index in [1.54, 1.807) is 20.8 Å². The smallest absolute Gasteiger partial charge is 0.416 e. The van der Waals surface area contributed by atoms with Crippen LogP contribution >= 0.6 is 0 Å². The van der Waals surface area contributed by atoms with Gasteiger partial charge >= 0.3 is 18.9 Å². The molecule has 10 heteroatoms. The van der Waals surface area contributed by atoms with Gasteiger partial charge < -0.3 is 14.6 Å². The molecule has 1 fully saturated rings. The topological polar surface area (TPSA) is 59.0 Å². The first-order chi connectivity index (χ1) is 12.7. The van der Waals surface area contributed by atoms with Crippen molar-refractivity contribution in [3.8, 4) is 0 Å². The highest BCUT2D eigenvalue weighted by molar-refractivity contribution is 5.69. The first-order valence-electron chi connectivity index (χ1n) is 8.51. The van der Waals surface area contributed by atoms with Crippen LogP contribution in [0.5, 0.6) is 0 Å². The fourth-order valence-corrected chi connectivity index (χ4v) is 3.02. The van der Waals surface area contributed by atoms with Crippen molar-refractivity contribution in [2.45, 2.75) is 57.2 Å². The minimum atomic E-state index is -4.53. The number of rotatable bonds is 4. The molecule has 2 rings (SSSR count). The van der Waals surface area contributed by atoms with E-state index in [1.165, 1.54) is 0 Å². The largest absolute Gasteiger partial charge is 0.444 e. The molecule has 1 saturated heterocycles. The maximum atomic E-state index is 12.7. The zero-order valence-corrected chi connectivity index (χ0v) is 15.6. The Morgan fingerprint density at radius 1 is 1.25 bits per heavy atom. The predicted molar refractivity (Wildman–Crippen MR) is 88.6 cm³/mol. The van der Waals surface area contributed by atoms with Gasteiger partial charge in [-0.05, 0) is 38.5 Å². The second-order valence-electron chi connectivity index (χ2n) is 7.67. The number of nitrogens with zero attached hydrogens (tertiary/aromatic N) is 1. The third-order valence-electron chi connectivity index (χ3n) is 4.24. The number of β-amino-alcohol motifs (C(OH)–C–C–N with tert-alkyl or cyclic N) is 1. The van der Waals surface area contributed by atoms with Crippen LogP contribution in [0, 0.1) is 0 Å². The summed E-state index contributed by atoms with van der Waals surface area (Å²) in [5.41, 5.74) is -3.34. The third-order valence-corrected chi connectivity index (χ3v) is 4.24. The molecule has 1 aliphatic heterocycles. The molecule has 0 aromatic heterocycles. The number of amides is 1. The summed E-state index contributed by atoms with van der Waals surface area (Å²) in [5.74, 6) is 0. The summed E-state index contributed by atoms with van der Waals surface area (Å²) in [7, 11) is 0. The third kappa shape index (κ3) is 5.54. The van der Waals surface area contributed by atoms with Crippen LogP contribution in [-0.2, 0) is 21.3 Å². The van der Waals surface area contributed by atoms with Crippen molar-refractivity contribution in [1.82, 2.24) is 4.90 Å². The van der Waals surface area contributed by atoms with Gasteiger partial charge in [-0.2, -0.15) is 22.0 Å². The molecular weight excluding hydrogens is 389 g/mol. The van der Waals surface area contributed by atoms with Gasteiger partial charge in [0, 0.05) is 6.42 Å². The summed E-state index contributed by atoms with van der Waals surface area (Å²) < 4.78 is 72.6. The van der Waals surface area contributed by atoms with Crippen LogP contribution in [0.4, 0.5) is 26.7 Å². The maximum Gasteiger partial charge on any atom is 0.416 e. The van der Waals surface area contributed by atoms with Crippen LogP contribution in [0.15, 0.2) is 24.3 Å². The van der Waals surface area contributed by atoms with Crippen molar-refractivity contribution < 1.29 is 41.3 Å². The molecule has 2 unspecified atom stereocenters. The Morgan fingerprint density at radius 2 is 1.82 bits per heavy atom. The van der Waals surface area contributed by atoms with Crippen LogP contribution in [0.2, 0.25) is 0 Å². The van der Waals surface area contributed by atoms with Gasteiger partial charge in [0.2, 0.25) is 0 Å². The van der Waals surface area contributed by atoms with Crippen molar-refractivity contribution in [3.63, 3.8) is 0 Å². The van der Waals surface area contributed by atoms with Crippen molar-refractivity contribution in [2.24, 2.45) is 0 Å². The zero-order chi connectivity index (χ0) is 21.3. The first kappa shape index (κ1) is 22.4. The summed E-state index contributed by atoms with van der Waals surface area (Å²) in [6, 6.07) is 2.90. The lowest BCUT2D eigenvalue weighted by atomic mass is 9.90. The maximum absolute atomic E-state index is 12.7. The minimum Gasteiger partial charge on any atom is -0.444 e. The highest BCUT2D eigenvalue weighted by atomic mass is 19.4. The predicted octanol–water partition coefficient (Wildman–Crippen LogP) is 4.14. The molecule has 5 nitrogen and oxygen atoms in total. The average Bonchev–Trinajstić information content (AvgIpc) is 2.89. The Bertz CT molecular complexity index is 687. The van der Waals surface area contributed by atoms with E-state index < -0.39 is 48.3 Å². The second-order valence-corrected chi connectivity index (χ2v) is 7.67. The fourth-order valence-electron chi connectivity index (χ4n) is 3.02. The van der Waals surface area contributed by atoms with Gasteiger partial charge in [-0.15, -0.1) is 0 Å². The van der Waals surface area contributed by atoms with Crippen molar-refractivity contribution in [1.29, 1.82) is 0 Å². The molecule has 28 heavy (non-hydrogen) atoms. The van der Waals surface area contributed by atoms with Crippen LogP contribution < -0.4 is 0 Å². The highest BCUT2D eigenvalue weighted by Gasteiger charge is 2.47. The van der Waals surface area contributed by atoms with Gasteiger partial charge in [-0.1, -0.05) is 12.1 Å². The minimum absolute atomic E-state index is 0.133. The quantitative estimate of drug-likeness (QED) is 0.757. The zero-order valence-electron chi connectivity index (χ0n) is 15.6. The summed E-state index contributed by atoms with van der Waals surface area (Å²) in [6.45, 7) is 0.902. The van der Waals surface area contributed by atoms with Crippen LogP contribution in [-0.4, -0.2) is 47.5 Å². The van der Waals surface area contributed by atoms with Gasteiger partial charge in [-0.25, -0.2) is 4.79 Å². The molecule has 158 valence electrons. The molecule has 1 aliphatic rings. The summed E-state index contributed by atoms with van der Waals surface area (Å²) in [5, 5.41) is 10.9. The number of hydrogen-bond donors (Lipinski definition) is 1. The van der Waals surface area contributed by atoms with E-state index in [9.17, 15) is 31.9 Å². The monoisotopic (exact) mass is 411 g/mol. The Balaban J connectivity index is 2.26. The van der Waals surface area contributed by atoms with Crippen molar-refractivity contribution in [2.75, 3.05) is 13.2 Å². The Labute approximate surface area is 159 Å². The number of ether oxygens (including phenoxy) is 2. The molecule has 0 aliphatic carbocycles. The van der Waals surface area contributed by atoms with E-state index in [2.05, 4.69) is 4.74 Å². The molecule has 0 saturated carbocycles. The standard InChI is InChI=1S/C18H22F5NO4/c1-16(2,3)28-15(25)24-10-17(26,8-13(24)9-27-14(19)20)11-4-6-12(7-5-11)18(21,22)23/h4-7,13-14,26H,8-10H2,1-3H3. The molecule has 1 N–H and O–H groups in total. The molecule has 1 heterocycles. The van der Waals surface area contributed by atoms with Gasteiger partial charge in [0.05, 0.1) is 24.8 Å². The lowest BCUT2D eigenvalue weighted by Gasteiger charge is -2.28. The number of likely N-dealkylation sites (tertiary alicyclic amines) is 1. The number of halogens is 5. The van der Waals surface area contributed by atoms with Gasteiger partial charge in [-0.3, -0.25) is 4.90 Å². The number of alkyl halides is 5. The number of benzene rings is 1. The normalized spacial score (nSPS) is 23.4. The lowest BCUT2D eigenvalue weighted by molar-refractivity contribution is -0.139. The Morgan fingerprint density at radius 3 is 2.29 bits per heavy atom. The van der Waals surface area contributed by atoms with E-state index in [1.807, 2.05) is 0 Å². The van der Waals surface area contributed by atoms with E-state index >= 15 is 0 Å². The molecule has 0 spiro atoms. The van der Waals surface area contributed by atoms with E-state index in [-0.39, 0.29) is 18.5 Å². The van der Waals surface area contributed by atoms with Crippen LogP contribution in [0.3, 0.4) is 0 Å². The molecule has 0 bridgehead atoms. The van der Waals surface area contributed by atoms with Crippen LogP contribution in [0.1, 0.15) is 38.3 Å². The van der Waals surface area contributed by atoms with Gasteiger partial charge in [0.25, 0.3) is 0 Å².